The lowest BCUT2D eigenvalue weighted by atomic mass is 10.2. The number of hydrogen-bond acceptors (Lipinski definition) is 5. The summed E-state index contributed by atoms with van der Waals surface area (Å²) in [4.78, 5) is 37.5. The van der Waals surface area contributed by atoms with Crippen LogP contribution in [0.25, 0.3) is 0 Å². The van der Waals surface area contributed by atoms with Gasteiger partial charge in [0, 0.05) is 24.4 Å². The lowest BCUT2D eigenvalue weighted by molar-refractivity contribution is -0.141. The van der Waals surface area contributed by atoms with Gasteiger partial charge in [0.15, 0.2) is 5.78 Å². The molecule has 6 nitrogen and oxygen atoms in total. The molecule has 1 rings (SSSR count). The third-order valence-electron chi connectivity index (χ3n) is 2.22. The van der Waals surface area contributed by atoms with Crippen molar-refractivity contribution in [3.8, 4) is 0 Å². The van der Waals surface area contributed by atoms with E-state index in [1.165, 1.54) is 19.5 Å². The van der Waals surface area contributed by atoms with Gasteiger partial charge in [0.1, 0.15) is 0 Å². The molecule has 0 saturated heterocycles. The number of carbonyl (C=O) groups excluding carboxylic acids is 3. The molecule has 1 N–H and O–H groups in total. The zero-order chi connectivity index (χ0) is 13.4. The molecule has 0 unspecified atom stereocenters. The van der Waals surface area contributed by atoms with E-state index in [-0.39, 0.29) is 31.1 Å². The van der Waals surface area contributed by atoms with Crippen molar-refractivity contribution in [2.75, 3.05) is 13.7 Å². The molecule has 0 aromatic carbocycles. The van der Waals surface area contributed by atoms with Gasteiger partial charge in [-0.3, -0.25) is 19.4 Å². The topological polar surface area (TPSA) is 85.4 Å². The van der Waals surface area contributed by atoms with E-state index in [1.807, 2.05) is 0 Å². The summed E-state index contributed by atoms with van der Waals surface area (Å²) in [5.74, 6) is -1.00. The summed E-state index contributed by atoms with van der Waals surface area (Å²) in [6.07, 6.45) is 3.08. The lowest BCUT2D eigenvalue weighted by Gasteiger charge is -2.04. The number of ether oxygens (including phenoxy) is 1. The standard InChI is InChI=1S/C12H14N2O4/c1-18-11(16)3-2-10(15)8-14-12(17)9-4-6-13-7-5-9/h4-7H,2-3,8H2,1H3,(H,14,17). The van der Waals surface area contributed by atoms with E-state index in [4.69, 9.17) is 0 Å². The number of esters is 1. The average Bonchev–Trinajstić information content (AvgIpc) is 2.42. The first-order valence-electron chi connectivity index (χ1n) is 5.40. The van der Waals surface area contributed by atoms with Crippen molar-refractivity contribution in [3.05, 3.63) is 30.1 Å². The van der Waals surface area contributed by atoms with Crippen LogP contribution in [0.4, 0.5) is 0 Å². The van der Waals surface area contributed by atoms with Gasteiger partial charge < -0.3 is 10.1 Å². The Morgan fingerprint density at radius 2 is 1.89 bits per heavy atom. The van der Waals surface area contributed by atoms with E-state index in [9.17, 15) is 14.4 Å². The number of carbonyl (C=O) groups is 3. The van der Waals surface area contributed by atoms with Crippen molar-refractivity contribution in [3.63, 3.8) is 0 Å². The number of rotatable bonds is 6. The molecule has 0 aliphatic heterocycles. The van der Waals surface area contributed by atoms with Crippen molar-refractivity contribution in [1.29, 1.82) is 0 Å². The zero-order valence-electron chi connectivity index (χ0n) is 10.0. The number of methoxy groups -OCH3 is 1. The first-order valence-corrected chi connectivity index (χ1v) is 5.40. The number of ketones is 1. The molecule has 0 radical (unpaired) electrons. The lowest BCUT2D eigenvalue weighted by Crippen LogP contribution is -2.29. The number of amides is 1. The van der Waals surface area contributed by atoms with Crippen LogP contribution in [0.5, 0.6) is 0 Å². The Balaban J connectivity index is 2.31. The van der Waals surface area contributed by atoms with Crippen LogP contribution < -0.4 is 5.32 Å². The van der Waals surface area contributed by atoms with Gasteiger partial charge in [0.05, 0.1) is 20.1 Å². The Morgan fingerprint density at radius 1 is 1.22 bits per heavy atom. The van der Waals surface area contributed by atoms with E-state index in [0.29, 0.717) is 5.56 Å². The minimum atomic E-state index is -0.441. The molecular weight excluding hydrogens is 236 g/mol. The number of Topliss-reactive ketones (excluding diaryl/α,β-unsaturated/α-hetero) is 1. The third-order valence-corrected chi connectivity index (χ3v) is 2.22. The molecule has 0 aliphatic rings. The van der Waals surface area contributed by atoms with Crippen molar-refractivity contribution >= 4 is 17.7 Å². The summed E-state index contributed by atoms with van der Waals surface area (Å²) in [7, 11) is 1.26. The third kappa shape index (κ3) is 4.73. The molecule has 0 bridgehead atoms. The minimum Gasteiger partial charge on any atom is -0.469 e. The molecule has 6 heteroatoms. The summed E-state index contributed by atoms with van der Waals surface area (Å²) in [5.41, 5.74) is 0.436. The molecular formula is C12H14N2O4. The van der Waals surface area contributed by atoms with Gasteiger partial charge in [0.2, 0.25) is 0 Å². The Morgan fingerprint density at radius 3 is 2.50 bits per heavy atom. The highest BCUT2D eigenvalue weighted by Gasteiger charge is 2.09. The van der Waals surface area contributed by atoms with Gasteiger partial charge in [-0.05, 0) is 12.1 Å². The maximum absolute atomic E-state index is 11.6. The second-order valence-corrected chi connectivity index (χ2v) is 3.53. The molecule has 0 aliphatic carbocycles. The highest BCUT2D eigenvalue weighted by Crippen LogP contribution is 1.96. The van der Waals surface area contributed by atoms with Crippen molar-refractivity contribution in [2.24, 2.45) is 0 Å². The number of hydrogen-bond donors (Lipinski definition) is 1. The van der Waals surface area contributed by atoms with Crippen molar-refractivity contribution in [1.82, 2.24) is 10.3 Å². The van der Waals surface area contributed by atoms with E-state index < -0.39 is 5.97 Å². The maximum atomic E-state index is 11.6. The molecule has 1 aromatic heterocycles. The fourth-order valence-electron chi connectivity index (χ4n) is 1.22. The fourth-order valence-corrected chi connectivity index (χ4v) is 1.22. The Kier molecular flexibility index (Phi) is 5.50. The number of nitrogens with zero attached hydrogens (tertiary/aromatic N) is 1. The molecule has 0 atom stereocenters. The summed E-state index contributed by atoms with van der Waals surface area (Å²) >= 11 is 0. The van der Waals surface area contributed by atoms with Crippen LogP contribution in [-0.2, 0) is 14.3 Å². The normalized spacial score (nSPS) is 9.61. The zero-order valence-corrected chi connectivity index (χ0v) is 10.0. The second-order valence-electron chi connectivity index (χ2n) is 3.53. The minimum absolute atomic E-state index is 0.0282. The quantitative estimate of drug-likeness (QED) is 0.735. The van der Waals surface area contributed by atoms with Gasteiger partial charge in [-0.25, -0.2) is 0 Å². The average molecular weight is 250 g/mol. The monoisotopic (exact) mass is 250 g/mol. The SMILES string of the molecule is COC(=O)CCC(=O)CNC(=O)c1ccncc1. The summed E-state index contributed by atoms with van der Waals surface area (Å²) in [6, 6.07) is 3.10. The number of pyridine rings is 1. The first kappa shape index (κ1) is 13.8. The smallest absolute Gasteiger partial charge is 0.305 e. The summed E-state index contributed by atoms with van der Waals surface area (Å²) in [6.45, 7) is -0.0991. The van der Waals surface area contributed by atoms with Crippen LogP contribution in [0.15, 0.2) is 24.5 Å². The molecule has 18 heavy (non-hydrogen) atoms. The number of nitrogens with one attached hydrogen (secondary N) is 1. The van der Waals surface area contributed by atoms with Crippen molar-refractivity contribution in [2.45, 2.75) is 12.8 Å². The first-order chi connectivity index (χ1) is 8.63. The van der Waals surface area contributed by atoms with Crippen LogP contribution in [0.1, 0.15) is 23.2 Å². The van der Waals surface area contributed by atoms with Gasteiger partial charge in [-0.2, -0.15) is 0 Å². The van der Waals surface area contributed by atoms with Crippen LogP contribution >= 0.6 is 0 Å². The van der Waals surface area contributed by atoms with Crippen LogP contribution in [0.2, 0.25) is 0 Å². The van der Waals surface area contributed by atoms with E-state index >= 15 is 0 Å². The molecule has 1 amide bonds. The molecule has 0 saturated carbocycles. The van der Waals surface area contributed by atoms with E-state index in [2.05, 4.69) is 15.0 Å². The maximum Gasteiger partial charge on any atom is 0.305 e. The largest absolute Gasteiger partial charge is 0.469 e. The van der Waals surface area contributed by atoms with Crippen LogP contribution in [0, 0.1) is 0 Å². The second kappa shape index (κ2) is 7.16. The van der Waals surface area contributed by atoms with Gasteiger partial charge in [-0.15, -0.1) is 0 Å². The Hall–Kier alpha value is -2.24. The predicted octanol–water partition coefficient (Wildman–Crippen LogP) is 0.334. The molecule has 1 aromatic rings. The van der Waals surface area contributed by atoms with E-state index in [1.54, 1.807) is 12.1 Å². The van der Waals surface area contributed by atoms with Gasteiger partial charge in [-0.1, -0.05) is 0 Å². The van der Waals surface area contributed by atoms with Crippen molar-refractivity contribution < 1.29 is 19.1 Å². The van der Waals surface area contributed by atoms with Gasteiger partial charge in [0.25, 0.3) is 5.91 Å². The molecule has 96 valence electrons. The van der Waals surface area contributed by atoms with Crippen LogP contribution in [-0.4, -0.2) is 36.3 Å². The van der Waals surface area contributed by atoms with E-state index in [0.717, 1.165) is 0 Å². The molecule has 0 fully saturated rings. The summed E-state index contributed by atoms with van der Waals surface area (Å²) in [5, 5.41) is 2.47. The Labute approximate surface area is 104 Å². The highest BCUT2D eigenvalue weighted by molar-refractivity contribution is 5.96. The highest BCUT2D eigenvalue weighted by atomic mass is 16.5. The predicted molar refractivity (Wildman–Crippen MR) is 62.8 cm³/mol. The molecule has 1 heterocycles. The summed E-state index contributed by atoms with van der Waals surface area (Å²) < 4.78 is 4.41. The number of aromatic nitrogens is 1. The fraction of sp³-hybridized carbons (Fsp3) is 0.333. The Bertz CT molecular complexity index is 431. The molecule has 0 spiro atoms. The van der Waals surface area contributed by atoms with Gasteiger partial charge >= 0.3 is 5.97 Å². The van der Waals surface area contributed by atoms with Crippen LogP contribution in [0.3, 0.4) is 0 Å².